The second-order valence-electron chi connectivity index (χ2n) is 4.47. The summed E-state index contributed by atoms with van der Waals surface area (Å²) >= 11 is 3.45. The summed E-state index contributed by atoms with van der Waals surface area (Å²) in [4.78, 5) is 14.0. The molecule has 1 aliphatic rings. The molecule has 18 heavy (non-hydrogen) atoms. The minimum absolute atomic E-state index is 0.0586. The predicted octanol–water partition coefficient (Wildman–Crippen LogP) is 1.44. The number of aliphatic hydroxyl groups is 1. The minimum Gasteiger partial charge on any atom is -0.394 e. The molecule has 0 radical (unpaired) electrons. The van der Waals surface area contributed by atoms with Crippen molar-refractivity contribution in [2.24, 2.45) is 0 Å². The lowest BCUT2D eigenvalue weighted by atomic mass is 10.2. The molecule has 0 aliphatic carbocycles. The van der Waals surface area contributed by atoms with Gasteiger partial charge >= 0.3 is 0 Å². The van der Waals surface area contributed by atoms with Crippen LogP contribution in [0.15, 0.2) is 22.7 Å². The first-order valence-corrected chi connectivity index (χ1v) is 6.84. The largest absolute Gasteiger partial charge is 0.394 e. The Bertz CT molecular complexity index is 451. The number of amides is 1. The highest BCUT2D eigenvalue weighted by atomic mass is 79.9. The van der Waals surface area contributed by atoms with Crippen molar-refractivity contribution in [1.82, 2.24) is 5.32 Å². The van der Waals surface area contributed by atoms with E-state index in [4.69, 9.17) is 0 Å². The molecule has 4 nitrogen and oxygen atoms in total. The summed E-state index contributed by atoms with van der Waals surface area (Å²) in [5.41, 5.74) is 1.99. The molecule has 0 bridgehead atoms. The lowest BCUT2D eigenvalue weighted by molar-refractivity contribution is -0.121. The van der Waals surface area contributed by atoms with Crippen LogP contribution in [0, 0.1) is 6.92 Å². The predicted molar refractivity (Wildman–Crippen MR) is 74.7 cm³/mol. The molecule has 1 unspecified atom stereocenters. The summed E-state index contributed by atoms with van der Waals surface area (Å²) in [6.07, 6.45) is 0.886. The van der Waals surface area contributed by atoms with E-state index in [1.54, 1.807) is 4.90 Å². The van der Waals surface area contributed by atoms with E-state index in [1.165, 1.54) is 0 Å². The number of hydrogen-bond acceptors (Lipinski definition) is 3. The van der Waals surface area contributed by atoms with Crippen LogP contribution in [0.25, 0.3) is 0 Å². The maximum atomic E-state index is 12.3. The zero-order valence-corrected chi connectivity index (χ0v) is 11.9. The molecular formula is C13H17BrN2O2. The molecule has 1 atom stereocenters. The van der Waals surface area contributed by atoms with Gasteiger partial charge in [-0.1, -0.05) is 15.9 Å². The Morgan fingerprint density at radius 3 is 3.00 bits per heavy atom. The molecule has 2 N–H and O–H groups in total. The first-order valence-electron chi connectivity index (χ1n) is 6.05. The number of nitrogens with zero attached hydrogens (tertiary/aromatic N) is 1. The van der Waals surface area contributed by atoms with Crippen molar-refractivity contribution in [3.8, 4) is 0 Å². The molecule has 1 saturated heterocycles. The highest BCUT2D eigenvalue weighted by Gasteiger charge is 2.27. The van der Waals surface area contributed by atoms with Crippen LogP contribution in [-0.4, -0.2) is 36.8 Å². The maximum Gasteiger partial charge on any atom is 0.246 e. The van der Waals surface area contributed by atoms with Crippen LogP contribution in [0.3, 0.4) is 0 Å². The Kier molecular flexibility index (Phi) is 4.37. The van der Waals surface area contributed by atoms with Gasteiger partial charge in [-0.05, 0) is 43.7 Å². The number of anilines is 1. The number of benzene rings is 1. The van der Waals surface area contributed by atoms with Crippen molar-refractivity contribution >= 4 is 27.5 Å². The van der Waals surface area contributed by atoms with E-state index in [0.29, 0.717) is 6.54 Å². The van der Waals surface area contributed by atoms with E-state index in [-0.39, 0.29) is 12.5 Å². The molecular weight excluding hydrogens is 296 g/mol. The minimum atomic E-state index is -0.489. The van der Waals surface area contributed by atoms with Crippen molar-refractivity contribution in [3.05, 3.63) is 28.2 Å². The van der Waals surface area contributed by atoms with Crippen molar-refractivity contribution in [1.29, 1.82) is 0 Å². The molecule has 98 valence electrons. The van der Waals surface area contributed by atoms with Crippen LogP contribution in [0.5, 0.6) is 0 Å². The number of nitrogens with one attached hydrogen (secondary N) is 1. The normalized spacial score (nSPS) is 20.9. The van der Waals surface area contributed by atoms with Gasteiger partial charge in [0.15, 0.2) is 0 Å². The van der Waals surface area contributed by atoms with Crippen LogP contribution in [0.2, 0.25) is 0 Å². The molecule has 1 aliphatic heterocycles. The third kappa shape index (κ3) is 2.74. The lowest BCUT2D eigenvalue weighted by Crippen LogP contribution is -2.46. The Morgan fingerprint density at radius 1 is 1.56 bits per heavy atom. The molecule has 5 heteroatoms. The highest BCUT2D eigenvalue weighted by Crippen LogP contribution is 2.24. The van der Waals surface area contributed by atoms with Gasteiger partial charge < -0.3 is 15.3 Å². The van der Waals surface area contributed by atoms with Crippen LogP contribution >= 0.6 is 15.9 Å². The molecule has 1 aromatic rings. The van der Waals surface area contributed by atoms with Gasteiger partial charge in [-0.3, -0.25) is 4.79 Å². The molecule has 1 aromatic carbocycles. The van der Waals surface area contributed by atoms with Gasteiger partial charge in [0.2, 0.25) is 5.91 Å². The number of rotatable bonds is 2. The zero-order valence-electron chi connectivity index (χ0n) is 10.3. The smallest absolute Gasteiger partial charge is 0.246 e. The van der Waals surface area contributed by atoms with Crippen LogP contribution in [-0.2, 0) is 4.79 Å². The quantitative estimate of drug-likeness (QED) is 0.869. The summed E-state index contributed by atoms with van der Waals surface area (Å²) < 4.78 is 1.03. The maximum absolute atomic E-state index is 12.3. The van der Waals surface area contributed by atoms with Gasteiger partial charge in [-0.2, -0.15) is 0 Å². The second kappa shape index (κ2) is 5.82. The monoisotopic (exact) mass is 312 g/mol. The SMILES string of the molecule is Cc1cc(N2CCCNC(CO)C2=O)ccc1Br. The number of aliphatic hydroxyl groups excluding tert-OH is 1. The third-order valence-corrected chi connectivity index (χ3v) is 4.04. The summed E-state index contributed by atoms with van der Waals surface area (Å²) in [6.45, 7) is 3.27. The van der Waals surface area contributed by atoms with Crippen LogP contribution in [0.4, 0.5) is 5.69 Å². The fourth-order valence-electron chi connectivity index (χ4n) is 2.09. The Hall–Kier alpha value is -0.910. The van der Waals surface area contributed by atoms with Gasteiger partial charge in [0.25, 0.3) is 0 Å². The molecule has 1 amide bonds. The number of carbonyl (C=O) groups excluding carboxylic acids is 1. The van der Waals surface area contributed by atoms with Gasteiger partial charge in [0, 0.05) is 16.7 Å². The average Bonchev–Trinajstić information content (AvgIpc) is 2.54. The van der Waals surface area contributed by atoms with E-state index >= 15 is 0 Å². The van der Waals surface area contributed by atoms with Crippen molar-refractivity contribution < 1.29 is 9.90 Å². The van der Waals surface area contributed by atoms with Crippen molar-refractivity contribution in [2.45, 2.75) is 19.4 Å². The van der Waals surface area contributed by atoms with Gasteiger partial charge in [-0.25, -0.2) is 0 Å². The van der Waals surface area contributed by atoms with E-state index in [1.807, 2.05) is 25.1 Å². The van der Waals surface area contributed by atoms with Crippen molar-refractivity contribution in [3.63, 3.8) is 0 Å². The highest BCUT2D eigenvalue weighted by molar-refractivity contribution is 9.10. The lowest BCUT2D eigenvalue weighted by Gasteiger charge is -2.24. The third-order valence-electron chi connectivity index (χ3n) is 3.15. The molecule has 0 spiro atoms. The molecule has 1 fully saturated rings. The first kappa shape index (κ1) is 13.5. The number of carbonyl (C=O) groups is 1. The Morgan fingerprint density at radius 2 is 2.33 bits per heavy atom. The molecule has 1 heterocycles. The summed E-state index contributed by atoms with van der Waals surface area (Å²) in [6, 6.07) is 5.37. The fraction of sp³-hybridized carbons (Fsp3) is 0.462. The Labute approximate surface area is 115 Å². The van der Waals surface area contributed by atoms with Gasteiger partial charge in [0.05, 0.1) is 6.61 Å². The number of halogens is 1. The molecule has 0 aromatic heterocycles. The summed E-state index contributed by atoms with van der Waals surface area (Å²) in [7, 11) is 0. The average molecular weight is 313 g/mol. The fourth-order valence-corrected chi connectivity index (χ4v) is 2.34. The second-order valence-corrected chi connectivity index (χ2v) is 5.32. The summed E-state index contributed by atoms with van der Waals surface area (Å²) in [5, 5.41) is 12.3. The van der Waals surface area contributed by atoms with E-state index in [0.717, 1.165) is 28.7 Å². The van der Waals surface area contributed by atoms with Crippen molar-refractivity contribution in [2.75, 3.05) is 24.6 Å². The first-order chi connectivity index (χ1) is 8.63. The van der Waals surface area contributed by atoms with Crippen LogP contribution < -0.4 is 10.2 Å². The number of aryl methyl sites for hydroxylation is 1. The molecule has 0 saturated carbocycles. The van der Waals surface area contributed by atoms with E-state index in [9.17, 15) is 9.90 Å². The number of hydrogen-bond donors (Lipinski definition) is 2. The zero-order chi connectivity index (χ0) is 13.1. The van der Waals surface area contributed by atoms with E-state index < -0.39 is 6.04 Å². The van der Waals surface area contributed by atoms with Gasteiger partial charge in [-0.15, -0.1) is 0 Å². The summed E-state index contributed by atoms with van der Waals surface area (Å²) in [5.74, 6) is -0.0586. The Balaban J connectivity index is 2.29. The molecule has 2 rings (SSSR count). The standard InChI is InChI=1S/C13H17BrN2O2/c1-9-7-10(3-4-11(9)14)16-6-2-5-15-12(8-17)13(16)18/h3-4,7,12,15,17H,2,5-6,8H2,1H3. The topological polar surface area (TPSA) is 52.6 Å². The van der Waals surface area contributed by atoms with E-state index in [2.05, 4.69) is 21.2 Å². The van der Waals surface area contributed by atoms with Crippen LogP contribution in [0.1, 0.15) is 12.0 Å². The van der Waals surface area contributed by atoms with Gasteiger partial charge in [0.1, 0.15) is 6.04 Å².